The Morgan fingerprint density at radius 1 is 1.24 bits per heavy atom. The third kappa shape index (κ3) is 7.13. The molecule has 0 spiro atoms. The van der Waals surface area contributed by atoms with Crippen LogP contribution in [-0.4, -0.2) is 43.7 Å². The number of pyridine rings is 1. The molecule has 0 radical (unpaired) electrons. The highest BCUT2D eigenvalue weighted by Crippen LogP contribution is 2.19. The SMILES string of the molecule is Cc1ccc(F)cc1S(=O)(=O)Nc1ccc(C)n(CC(=O)N[C@H](C=O)CCCN=C(N)N)c1=O. The monoisotopic (exact) mass is 494 g/mol. The number of aliphatic imine (C=N–C) groups is 1. The van der Waals surface area contributed by atoms with Gasteiger partial charge in [0, 0.05) is 12.2 Å². The van der Waals surface area contributed by atoms with Crippen molar-refractivity contribution in [3.05, 3.63) is 57.8 Å². The highest BCUT2D eigenvalue weighted by Gasteiger charge is 2.21. The highest BCUT2D eigenvalue weighted by atomic mass is 32.2. The molecule has 1 aromatic heterocycles. The highest BCUT2D eigenvalue weighted by molar-refractivity contribution is 7.92. The molecule has 1 amide bonds. The van der Waals surface area contributed by atoms with Crippen LogP contribution in [0.2, 0.25) is 0 Å². The number of sulfonamides is 1. The molecule has 0 aliphatic carbocycles. The molecule has 13 heteroatoms. The fourth-order valence-electron chi connectivity index (χ4n) is 3.10. The lowest BCUT2D eigenvalue weighted by Gasteiger charge is -2.16. The molecule has 0 unspecified atom stereocenters. The summed E-state index contributed by atoms with van der Waals surface area (Å²) in [4.78, 5) is 40.1. The third-order valence-corrected chi connectivity index (χ3v) is 6.36. The van der Waals surface area contributed by atoms with Gasteiger partial charge in [-0.1, -0.05) is 6.07 Å². The van der Waals surface area contributed by atoms with E-state index in [1.807, 2.05) is 0 Å². The van der Waals surface area contributed by atoms with Crippen LogP contribution in [0.1, 0.15) is 24.1 Å². The minimum Gasteiger partial charge on any atom is -0.370 e. The number of amides is 1. The molecule has 0 aliphatic heterocycles. The molecule has 1 heterocycles. The maximum atomic E-state index is 13.6. The Morgan fingerprint density at radius 3 is 2.59 bits per heavy atom. The Bertz CT molecular complexity index is 1250. The number of aromatic nitrogens is 1. The van der Waals surface area contributed by atoms with E-state index < -0.39 is 39.9 Å². The molecule has 184 valence electrons. The summed E-state index contributed by atoms with van der Waals surface area (Å²) in [7, 11) is -4.27. The van der Waals surface area contributed by atoms with Crippen molar-refractivity contribution in [1.29, 1.82) is 0 Å². The van der Waals surface area contributed by atoms with E-state index in [1.54, 1.807) is 6.92 Å². The number of guanidine groups is 1. The minimum atomic E-state index is -4.27. The van der Waals surface area contributed by atoms with Crippen molar-refractivity contribution >= 4 is 33.9 Å². The van der Waals surface area contributed by atoms with Crippen LogP contribution in [0.5, 0.6) is 0 Å². The van der Waals surface area contributed by atoms with Gasteiger partial charge in [0.15, 0.2) is 5.96 Å². The van der Waals surface area contributed by atoms with Crippen LogP contribution >= 0.6 is 0 Å². The van der Waals surface area contributed by atoms with Crippen molar-refractivity contribution in [1.82, 2.24) is 9.88 Å². The molecule has 11 nitrogen and oxygen atoms in total. The van der Waals surface area contributed by atoms with Crippen molar-refractivity contribution in [2.24, 2.45) is 16.5 Å². The summed E-state index contributed by atoms with van der Waals surface area (Å²) in [6.07, 6.45) is 1.29. The van der Waals surface area contributed by atoms with Gasteiger partial charge in [0.2, 0.25) is 5.91 Å². The summed E-state index contributed by atoms with van der Waals surface area (Å²) in [6.45, 7) is 2.90. The average Bonchev–Trinajstić information content (AvgIpc) is 2.76. The van der Waals surface area contributed by atoms with E-state index in [0.29, 0.717) is 24.0 Å². The normalized spacial score (nSPS) is 12.0. The van der Waals surface area contributed by atoms with Gasteiger partial charge in [-0.15, -0.1) is 0 Å². The van der Waals surface area contributed by atoms with Crippen molar-refractivity contribution < 1.29 is 22.4 Å². The zero-order chi connectivity index (χ0) is 25.5. The van der Waals surface area contributed by atoms with E-state index in [4.69, 9.17) is 11.5 Å². The summed E-state index contributed by atoms with van der Waals surface area (Å²) < 4.78 is 42.3. The second-order valence-corrected chi connectivity index (χ2v) is 9.20. The zero-order valence-electron chi connectivity index (χ0n) is 18.7. The maximum Gasteiger partial charge on any atom is 0.275 e. The zero-order valence-corrected chi connectivity index (χ0v) is 19.6. The van der Waals surface area contributed by atoms with Gasteiger partial charge in [0.25, 0.3) is 15.6 Å². The summed E-state index contributed by atoms with van der Waals surface area (Å²) in [6, 6.07) is 5.19. The topological polar surface area (TPSA) is 179 Å². The van der Waals surface area contributed by atoms with Crippen LogP contribution in [0.25, 0.3) is 0 Å². The lowest BCUT2D eigenvalue weighted by atomic mass is 10.2. The molecular weight excluding hydrogens is 467 g/mol. The second kappa shape index (κ2) is 11.4. The van der Waals surface area contributed by atoms with E-state index >= 15 is 0 Å². The Kier molecular flexibility index (Phi) is 8.90. The molecule has 2 aromatic rings. The Labute approximate surface area is 196 Å². The number of halogens is 1. The molecule has 0 saturated heterocycles. The van der Waals surface area contributed by atoms with Crippen LogP contribution in [0.4, 0.5) is 10.1 Å². The number of benzene rings is 1. The number of aldehydes is 1. The van der Waals surface area contributed by atoms with Gasteiger partial charge < -0.3 is 26.1 Å². The van der Waals surface area contributed by atoms with E-state index in [1.165, 1.54) is 25.1 Å². The largest absolute Gasteiger partial charge is 0.370 e. The molecule has 1 atom stereocenters. The number of hydrogen-bond acceptors (Lipinski definition) is 6. The van der Waals surface area contributed by atoms with E-state index in [2.05, 4.69) is 15.0 Å². The maximum absolute atomic E-state index is 13.6. The Balaban J connectivity index is 2.18. The van der Waals surface area contributed by atoms with Crippen LogP contribution in [0.15, 0.2) is 45.0 Å². The van der Waals surface area contributed by atoms with Gasteiger partial charge in [-0.25, -0.2) is 12.8 Å². The van der Waals surface area contributed by atoms with Gasteiger partial charge in [0.1, 0.15) is 24.3 Å². The number of rotatable bonds is 11. The van der Waals surface area contributed by atoms with E-state index in [0.717, 1.165) is 16.7 Å². The number of hydrogen-bond donors (Lipinski definition) is 4. The van der Waals surface area contributed by atoms with E-state index in [9.17, 15) is 27.2 Å². The number of carbonyl (C=O) groups excluding carboxylic acids is 2. The van der Waals surface area contributed by atoms with Crippen molar-refractivity contribution in [3.63, 3.8) is 0 Å². The molecule has 34 heavy (non-hydrogen) atoms. The second-order valence-electron chi connectivity index (χ2n) is 7.55. The fraction of sp³-hybridized carbons (Fsp3) is 0.333. The summed E-state index contributed by atoms with van der Waals surface area (Å²) in [5.74, 6) is -1.44. The number of carbonyl (C=O) groups is 2. The Hall–Kier alpha value is -3.74. The first-order chi connectivity index (χ1) is 15.9. The van der Waals surface area contributed by atoms with Gasteiger partial charge in [0.05, 0.1) is 10.9 Å². The van der Waals surface area contributed by atoms with Crippen molar-refractivity contribution in [2.75, 3.05) is 11.3 Å². The minimum absolute atomic E-state index is 0.0791. The molecule has 0 aliphatic rings. The number of anilines is 1. The molecule has 0 fully saturated rings. The number of nitrogens with zero attached hydrogens (tertiary/aromatic N) is 2. The molecule has 0 saturated carbocycles. The lowest BCUT2D eigenvalue weighted by Crippen LogP contribution is -2.40. The Morgan fingerprint density at radius 2 is 1.94 bits per heavy atom. The quantitative estimate of drug-likeness (QED) is 0.148. The fourth-order valence-corrected chi connectivity index (χ4v) is 4.41. The van der Waals surface area contributed by atoms with Gasteiger partial charge >= 0.3 is 0 Å². The first-order valence-electron chi connectivity index (χ1n) is 10.2. The molecule has 0 bridgehead atoms. The molecule has 6 N–H and O–H groups in total. The van der Waals surface area contributed by atoms with Gasteiger partial charge in [-0.2, -0.15) is 0 Å². The average molecular weight is 495 g/mol. The third-order valence-electron chi connectivity index (χ3n) is 4.86. The number of aryl methyl sites for hydroxylation is 2. The molecule has 2 rings (SSSR count). The van der Waals surface area contributed by atoms with Crippen LogP contribution in [-0.2, 0) is 26.2 Å². The summed E-state index contributed by atoms with van der Waals surface area (Å²) in [5, 5.41) is 2.51. The first kappa shape index (κ1) is 26.5. The lowest BCUT2D eigenvalue weighted by molar-refractivity contribution is -0.124. The van der Waals surface area contributed by atoms with Crippen LogP contribution in [0.3, 0.4) is 0 Å². The van der Waals surface area contributed by atoms with Gasteiger partial charge in [-0.05, 0) is 56.5 Å². The van der Waals surface area contributed by atoms with Crippen molar-refractivity contribution in [2.45, 2.75) is 44.2 Å². The summed E-state index contributed by atoms with van der Waals surface area (Å²) in [5.41, 5.74) is 10.1. The van der Waals surface area contributed by atoms with Crippen LogP contribution < -0.4 is 27.1 Å². The molecule has 1 aromatic carbocycles. The van der Waals surface area contributed by atoms with E-state index in [-0.39, 0.29) is 29.5 Å². The summed E-state index contributed by atoms with van der Waals surface area (Å²) >= 11 is 0. The first-order valence-corrected chi connectivity index (χ1v) is 11.7. The smallest absolute Gasteiger partial charge is 0.275 e. The number of nitrogens with two attached hydrogens (primary N) is 2. The molecular formula is C21H27FN6O5S. The number of nitrogens with one attached hydrogen (secondary N) is 2. The predicted molar refractivity (Wildman–Crippen MR) is 125 cm³/mol. The standard InChI is InChI=1S/C21H27FN6O5S/c1-13-5-7-15(22)10-18(13)34(32,33)27-17-8-6-14(2)28(20(17)31)11-19(30)26-16(12-29)4-3-9-25-21(23)24/h5-8,10,12,16,27H,3-4,9,11H2,1-2H3,(H,26,30)(H4,23,24,25)/t16-/m0/s1. The van der Waals surface area contributed by atoms with Crippen LogP contribution in [0, 0.1) is 19.7 Å². The van der Waals surface area contributed by atoms with Gasteiger partial charge in [-0.3, -0.25) is 19.3 Å². The predicted octanol–water partition coefficient (Wildman–Crippen LogP) is 0.142. The van der Waals surface area contributed by atoms with Crippen molar-refractivity contribution in [3.8, 4) is 0 Å².